The summed E-state index contributed by atoms with van der Waals surface area (Å²) in [5.74, 6) is -0.936. The highest BCUT2D eigenvalue weighted by molar-refractivity contribution is 6.39. The minimum Gasteiger partial charge on any atom is -0.494 e. The largest absolute Gasteiger partial charge is 0.494 e. The van der Waals surface area contributed by atoms with Gasteiger partial charge in [-0.1, -0.05) is 36.4 Å². The summed E-state index contributed by atoms with van der Waals surface area (Å²) in [6, 6.07) is 20.7. The number of amides is 2. The third kappa shape index (κ3) is 4.73. The Morgan fingerprint density at radius 3 is 2.36 bits per heavy atom. The van der Waals surface area contributed by atoms with Crippen molar-refractivity contribution in [2.75, 3.05) is 11.9 Å². The van der Waals surface area contributed by atoms with E-state index in [1.54, 1.807) is 31.2 Å². The monoisotopic (exact) mass is 375 g/mol. The Labute approximate surface area is 163 Å². The second-order valence-electron chi connectivity index (χ2n) is 6.11. The molecule has 6 heteroatoms. The number of ether oxygens (including phenoxy) is 1. The lowest BCUT2D eigenvalue weighted by atomic mass is 10.0. The van der Waals surface area contributed by atoms with Gasteiger partial charge in [0.1, 0.15) is 5.75 Å². The number of hydrazone groups is 1. The van der Waals surface area contributed by atoms with E-state index in [1.807, 2.05) is 49.4 Å². The second-order valence-corrected chi connectivity index (χ2v) is 6.11. The standard InChI is InChI=1S/C22H21N3O3/c1-3-28-20-12-10-19(11-13-20)23-21(26)22(27)25-24-15(2)17-9-8-16-6-4-5-7-18(16)14-17/h4-14H,3H2,1-2H3,(H,23,26)(H,25,27)/b24-15+. The lowest BCUT2D eigenvalue weighted by Crippen LogP contribution is -2.32. The van der Waals surface area contributed by atoms with Crippen molar-refractivity contribution in [3.8, 4) is 5.75 Å². The van der Waals surface area contributed by atoms with E-state index >= 15 is 0 Å². The van der Waals surface area contributed by atoms with Gasteiger partial charge in [-0.25, -0.2) is 5.43 Å². The fraction of sp³-hybridized carbons (Fsp3) is 0.136. The summed E-state index contributed by atoms with van der Waals surface area (Å²) in [7, 11) is 0. The Kier molecular flexibility index (Phi) is 6.01. The van der Waals surface area contributed by atoms with Crippen LogP contribution in [0.15, 0.2) is 71.8 Å². The predicted molar refractivity (Wildman–Crippen MR) is 111 cm³/mol. The van der Waals surface area contributed by atoms with Gasteiger partial charge < -0.3 is 10.1 Å². The summed E-state index contributed by atoms with van der Waals surface area (Å²) in [6.07, 6.45) is 0. The zero-order chi connectivity index (χ0) is 19.9. The molecule has 6 nitrogen and oxygen atoms in total. The number of hydrogen-bond acceptors (Lipinski definition) is 4. The smallest absolute Gasteiger partial charge is 0.329 e. The van der Waals surface area contributed by atoms with Gasteiger partial charge in [-0.05, 0) is 60.5 Å². The number of hydrogen-bond donors (Lipinski definition) is 2. The highest BCUT2D eigenvalue weighted by atomic mass is 16.5. The Morgan fingerprint density at radius 2 is 1.64 bits per heavy atom. The molecule has 0 atom stereocenters. The van der Waals surface area contributed by atoms with Gasteiger partial charge >= 0.3 is 11.8 Å². The van der Waals surface area contributed by atoms with Gasteiger partial charge in [0, 0.05) is 5.69 Å². The van der Waals surface area contributed by atoms with E-state index in [1.165, 1.54) is 0 Å². The van der Waals surface area contributed by atoms with E-state index in [-0.39, 0.29) is 0 Å². The van der Waals surface area contributed by atoms with Crippen LogP contribution >= 0.6 is 0 Å². The van der Waals surface area contributed by atoms with Gasteiger partial charge in [-0.15, -0.1) is 0 Å². The zero-order valence-electron chi connectivity index (χ0n) is 15.7. The minimum atomic E-state index is -0.839. The summed E-state index contributed by atoms with van der Waals surface area (Å²) >= 11 is 0. The molecule has 2 amide bonds. The van der Waals surface area contributed by atoms with Crippen LogP contribution in [0.1, 0.15) is 19.4 Å². The fourth-order valence-electron chi connectivity index (χ4n) is 2.65. The van der Waals surface area contributed by atoms with E-state index < -0.39 is 11.8 Å². The fourth-order valence-corrected chi connectivity index (χ4v) is 2.65. The van der Waals surface area contributed by atoms with Gasteiger partial charge in [0.2, 0.25) is 0 Å². The predicted octanol–water partition coefficient (Wildman–Crippen LogP) is 3.72. The van der Waals surface area contributed by atoms with E-state index in [0.29, 0.717) is 23.8 Å². The molecule has 3 aromatic carbocycles. The molecule has 0 spiro atoms. The van der Waals surface area contributed by atoms with Gasteiger partial charge in [-0.3, -0.25) is 9.59 Å². The van der Waals surface area contributed by atoms with Crippen molar-refractivity contribution in [2.24, 2.45) is 5.10 Å². The van der Waals surface area contributed by atoms with E-state index in [0.717, 1.165) is 16.3 Å². The molecule has 0 saturated carbocycles. The molecule has 0 saturated heterocycles. The first-order chi connectivity index (χ1) is 13.6. The molecular weight excluding hydrogens is 354 g/mol. The van der Waals surface area contributed by atoms with Crippen molar-refractivity contribution in [3.63, 3.8) is 0 Å². The maximum Gasteiger partial charge on any atom is 0.329 e. The number of benzene rings is 3. The summed E-state index contributed by atoms with van der Waals surface area (Å²) in [5.41, 5.74) is 4.26. The molecule has 28 heavy (non-hydrogen) atoms. The van der Waals surface area contributed by atoms with Crippen molar-refractivity contribution in [2.45, 2.75) is 13.8 Å². The van der Waals surface area contributed by atoms with Crippen LogP contribution in [0.2, 0.25) is 0 Å². The molecule has 3 rings (SSSR count). The highest BCUT2D eigenvalue weighted by Crippen LogP contribution is 2.17. The van der Waals surface area contributed by atoms with Crippen LogP contribution in [0.25, 0.3) is 10.8 Å². The minimum absolute atomic E-state index is 0.499. The molecule has 0 unspecified atom stereocenters. The van der Waals surface area contributed by atoms with Gasteiger partial charge in [0.05, 0.1) is 12.3 Å². The lowest BCUT2D eigenvalue weighted by molar-refractivity contribution is -0.136. The van der Waals surface area contributed by atoms with Crippen LogP contribution in [-0.2, 0) is 9.59 Å². The van der Waals surface area contributed by atoms with Crippen LogP contribution in [0.3, 0.4) is 0 Å². The third-order valence-electron chi connectivity index (χ3n) is 4.12. The molecule has 0 radical (unpaired) electrons. The molecule has 142 valence electrons. The quantitative estimate of drug-likeness (QED) is 0.405. The van der Waals surface area contributed by atoms with Crippen LogP contribution in [-0.4, -0.2) is 24.1 Å². The van der Waals surface area contributed by atoms with Crippen molar-refractivity contribution in [1.82, 2.24) is 5.43 Å². The molecular formula is C22H21N3O3. The van der Waals surface area contributed by atoms with E-state index in [9.17, 15) is 9.59 Å². The van der Waals surface area contributed by atoms with E-state index in [4.69, 9.17) is 4.74 Å². The summed E-state index contributed by atoms with van der Waals surface area (Å²) in [4.78, 5) is 24.0. The first-order valence-electron chi connectivity index (χ1n) is 8.94. The normalized spacial score (nSPS) is 11.1. The Morgan fingerprint density at radius 1 is 0.929 bits per heavy atom. The molecule has 0 heterocycles. The first-order valence-corrected chi connectivity index (χ1v) is 8.94. The van der Waals surface area contributed by atoms with Crippen LogP contribution in [0.4, 0.5) is 5.69 Å². The van der Waals surface area contributed by atoms with Gasteiger partial charge in [-0.2, -0.15) is 5.10 Å². The number of nitrogens with one attached hydrogen (secondary N) is 2. The average Bonchev–Trinajstić information content (AvgIpc) is 2.73. The molecule has 0 aliphatic carbocycles. The first kappa shape index (κ1) is 19.1. The molecule has 3 aromatic rings. The number of carbonyl (C=O) groups is 2. The molecule has 0 bridgehead atoms. The summed E-state index contributed by atoms with van der Waals surface area (Å²) in [6.45, 7) is 4.22. The molecule has 0 fully saturated rings. The molecule has 0 aliphatic rings. The van der Waals surface area contributed by atoms with Crippen molar-refractivity contribution in [1.29, 1.82) is 0 Å². The number of nitrogens with zero attached hydrogens (tertiary/aromatic N) is 1. The Bertz CT molecular complexity index is 1030. The lowest BCUT2D eigenvalue weighted by Gasteiger charge is -2.07. The average molecular weight is 375 g/mol. The summed E-state index contributed by atoms with van der Waals surface area (Å²) < 4.78 is 5.34. The van der Waals surface area contributed by atoms with Crippen LogP contribution < -0.4 is 15.5 Å². The van der Waals surface area contributed by atoms with Crippen molar-refractivity contribution in [3.05, 3.63) is 72.3 Å². The van der Waals surface area contributed by atoms with E-state index in [2.05, 4.69) is 15.8 Å². The van der Waals surface area contributed by atoms with Gasteiger partial charge in [0.25, 0.3) is 0 Å². The zero-order valence-corrected chi connectivity index (χ0v) is 15.7. The number of fused-ring (bicyclic) bond motifs is 1. The topological polar surface area (TPSA) is 79.8 Å². The number of anilines is 1. The SMILES string of the molecule is CCOc1ccc(NC(=O)C(=O)N/N=C(\C)c2ccc3ccccc3c2)cc1. The Balaban J connectivity index is 1.61. The number of rotatable bonds is 5. The molecule has 0 aliphatic heterocycles. The maximum absolute atomic E-state index is 12.0. The van der Waals surface area contributed by atoms with Crippen LogP contribution in [0.5, 0.6) is 5.75 Å². The van der Waals surface area contributed by atoms with Crippen molar-refractivity contribution >= 4 is 34.0 Å². The highest BCUT2D eigenvalue weighted by Gasteiger charge is 2.13. The van der Waals surface area contributed by atoms with Gasteiger partial charge in [0.15, 0.2) is 0 Å². The third-order valence-corrected chi connectivity index (χ3v) is 4.12. The van der Waals surface area contributed by atoms with Crippen LogP contribution in [0, 0.1) is 0 Å². The second kappa shape index (κ2) is 8.81. The maximum atomic E-state index is 12.0. The molecule has 2 N–H and O–H groups in total. The Hall–Kier alpha value is -3.67. The summed E-state index contributed by atoms with van der Waals surface area (Å²) in [5, 5.41) is 8.76. The molecule has 0 aromatic heterocycles. The number of carbonyl (C=O) groups excluding carboxylic acids is 2. The van der Waals surface area contributed by atoms with Crippen molar-refractivity contribution < 1.29 is 14.3 Å².